The molecule has 0 radical (unpaired) electrons. The van der Waals surface area contributed by atoms with Gasteiger partial charge in [-0.3, -0.25) is 0 Å². The second-order valence-corrected chi connectivity index (χ2v) is 5.84. The van der Waals surface area contributed by atoms with E-state index in [1.54, 1.807) is 0 Å². The van der Waals surface area contributed by atoms with E-state index in [9.17, 15) is 5.11 Å². The second-order valence-electron chi connectivity index (χ2n) is 5.84. The van der Waals surface area contributed by atoms with Crippen molar-refractivity contribution >= 4 is 5.69 Å². The van der Waals surface area contributed by atoms with Crippen LogP contribution in [0.15, 0.2) is 18.2 Å². The van der Waals surface area contributed by atoms with E-state index in [2.05, 4.69) is 48.0 Å². The van der Waals surface area contributed by atoms with Gasteiger partial charge in [-0.25, -0.2) is 0 Å². The van der Waals surface area contributed by atoms with Gasteiger partial charge in [0.15, 0.2) is 0 Å². The standard InChI is InChI=1S/C17H29N3O/c1-4-8-18-14(3)16-7-6-15(13-17(16)21)20-11-9-19(5-2)10-12-20/h6-7,13-14,18,21H,4-5,8-12H2,1-3H3. The zero-order valence-corrected chi connectivity index (χ0v) is 13.6. The van der Waals surface area contributed by atoms with Gasteiger partial charge in [0.05, 0.1) is 0 Å². The molecule has 0 amide bonds. The van der Waals surface area contributed by atoms with Crippen molar-refractivity contribution < 1.29 is 5.11 Å². The second kappa shape index (κ2) is 7.66. The molecule has 118 valence electrons. The minimum absolute atomic E-state index is 0.191. The number of likely N-dealkylation sites (N-methyl/N-ethyl adjacent to an activating group) is 1. The van der Waals surface area contributed by atoms with Crippen molar-refractivity contribution in [1.29, 1.82) is 0 Å². The molecule has 1 saturated heterocycles. The molecule has 4 nitrogen and oxygen atoms in total. The van der Waals surface area contributed by atoms with Crippen LogP contribution >= 0.6 is 0 Å². The van der Waals surface area contributed by atoms with E-state index >= 15 is 0 Å². The maximum atomic E-state index is 10.3. The number of nitrogens with zero attached hydrogens (tertiary/aromatic N) is 2. The molecule has 0 saturated carbocycles. The van der Waals surface area contributed by atoms with Crippen LogP contribution in [0.3, 0.4) is 0 Å². The molecule has 1 aromatic carbocycles. The van der Waals surface area contributed by atoms with Gasteiger partial charge in [0.2, 0.25) is 0 Å². The molecule has 4 heteroatoms. The molecule has 1 aromatic rings. The average Bonchev–Trinajstić information content (AvgIpc) is 2.52. The van der Waals surface area contributed by atoms with Crippen LogP contribution in [0.5, 0.6) is 5.75 Å². The number of phenolic OH excluding ortho intramolecular Hbond substituents is 1. The van der Waals surface area contributed by atoms with Crippen molar-refractivity contribution in [3.8, 4) is 5.75 Å². The zero-order valence-electron chi connectivity index (χ0n) is 13.6. The van der Waals surface area contributed by atoms with Crippen molar-refractivity contribution in [2.24, 2.45) is 0 Å². The SMILES string of the molecule is CCCNC(C)c1ccc(N2CCN(CC)CC2)cc1O. The lowest BCUT2D eigenvalue weighted by Gasteiger charge is -2.35. The summed E-state index contributed by atoms with van der Waals surface area (Å²) in [6, 6.07) is 6.31. The number of rotatable bonds is 6. The van der Waals surface area contributed by atoms with E-state index in [0.717, 1.165) is 56.9 Å². The highest BCUT2D eigenvalue weighted by atomic mass is 16.3. The van der Waals surface area contributed by atoms with Gasteiger partial charge in [0.1, 0.15) is 5.75 Å². The number of aromatic hydroxyl groups is 1. The Morgan fingerprint density at radius 2 is 1.90 bits per heavy atom. The lowest BCUT2D eigenvalue weighted by Crippen LogP contribution is -2.46. The van der Waals surface area contributed by atoms with Gasteiger partial charge in [-0.1, -0.05) is 19.9 Å². The highest BCUT2D eigenvalue weighted by Gasteiger charge is 2.17. The Bertz CT molecular complexity index is 442. The van der Waals surface area contributed by atoms with Crippen molar-refractivity contribution in [2.45, 2.75) is 33.2 Å². The fourth-order valence-electron chi connectivity index (χ4n) is 2.89. The quantitative estimate of drug-likeness (QED) is 0.845. The Labute approximate surface area is 128 Å². The van der Waals surface area contributed by atoms with E-state index in [1.165, 1.54) is 0 Å². The van der Waals surface area contributed by atoms with Crippen molar-refractivity contribution in [3.63, 3.8) is 0 Å². The molecule has 1 fully saturated rings. The van der Waals surface area contributed by atoms with Crippen LogP contribution in [0.4, 0.5) is 5.69 Å². The molecule has 1 unspecified atom stereocenters. The molecule has 21 heavy (non-hydrogen) atoms. The third kappa shape index (κ3) is 4.11. The average molecular weight is 291 g/mol. The highest BCUT2D eigenvalue weighted by Crippen LogP contribution is 2.29. The Hall–Kier alpha value is -1.26. The van der Waals surface area contributed by atoms with E-state index in [0.29, 0.717) is 5.75 Å². The highest BCUT2D eigenvalue weighted by molar-refractivity contribution is 5.54. The minimum atomic E-state index is 0.191. The van der Waals surface area contributed by atoms with Crippen molar-refractivity contribution in [2.75, 3.05) is 44.2 Å². The lowest BCUT2D eigenvalue weighted by molar-refractivity contribution is 0.271. The van der Waals surface area contributed by atoms with Gasteiger partial charge in [-0.2, -0.15) is 0 Å². The van der Waals surface area contributed by atoms with E-state index in [4.69, 9.17) is 0 Å². The predicted molar refractivity (Wildman–Crippen MR) is 89.1 cm³/mol. The van der Waals surface area contributed by atoms with Gasteiger partial charge in [-0.05, 0) is 32.5 Å². The molecular weight excluding hydrogens is 262 g/mol. The molecule has 1 heterocycles. The Balaban J connectivity index is 2.02. The van der Waals surface area contributed by atoms with Crippen LogP contribution in [0, 0.1) is 0 Å². The number of nitrogens with one attached hydrogen (secondary N) is 1. The first-order valence-corrected chi connectivity index (χ1v) is 8.19. The van der Waals surface area contributed by atoms with Gasteiger partial charge >= 0.3 is 0 Å². The first-order chi connectivity index (χ1) is 10.2. The summed E-state index contributed by atoms with van der Waals surface area (Å²) in [6.45, 7) is 12.8. The summed E-state index contributed by atoms with van der Waals surface area (Å²) in [6.07, 6.45) is 1.10. The first kappa shape index (κ1) is 16.1. The van der Waals surface area contributed by atoms with Gasteiger partial charge in [0.25, 0.3) is 0 Å². The van der Waals surface area contributed by atoms with Crippen LogP contribution in [-0.2, 0) is 0 Å². The largest absolute Gasteiger partial charge is 0.508 e. The third-order valence-electron chi connectivity index (χ3n) is 4.37. The van der Waals surface area contributed by atoms with Crippen LogP contribution in [0.2, 0.25) is 0 Å². The number of anilines is 1. The van der Waals surface area contributed by atoms with Gasteiger partial charge in [0, 0.05) is 49.5 Å². The number of piperazine rings is 1. The Morgan fingerprint density at radius 3 is 2.48 bits per heavy atom. The summed E-state index contributed by atoms with van der Waals surface area (Å²) in [5, 5.41) is 13.7. The Morgan fingerprint density at radius 1 is 1.19 bits per heavy atom. The first-order valence-electron chi connectivity index (χ1n) is 8.19. The topological polar surface area (TPSA) is 38.7 Å². The zero-order chi connectivity index (χ0) is 15.2. The normalized spacial score (nSPS) is 18.0. The van der Waals surface area contributed by atoms with Gasteiger partial charge in [-0.15, -0.1) is 0 Å². The molecule has 2 N–H and O–H groups in total. The fraction of sp³-hybridized carbons (Fsp3) is 0.647. The summed E-state index contributed by atoms with van der Waals surface area (Å²) < 4.78 is 0. The summed E-state index contributed by atoms with van der Waals surface area (Å²) in [7, 11) is 0. The summed E-state index contributed by atoms with van der Waals surface area (Å²) in [5.74, 6) is 0.404. The van der Waals surface area contributed by atoms with E-state index < -0.39 is 0 Å². The predicted octanol–water partition coefficient (Wildman–Crippen LogP) is 2.59. The molecule has 1 aliphatic rings. The molecule has 0 bridgehead atoms. The van der Waals surface area contributed by atoms with Crippen LogP contribution in [-0.4, -0.2) is 49.3 Å². The summed E-state index contributed by atoms with van der Waals surface area (Å²) in [5.41, 5.74) is 2.12. The van der Waals surface area contributed by atoms with Crippen LogP contribution < -0.4 is 10.2 Å². The fourth-order valence-corrected chi connectivity index (χ4v) is 2.89. The molecule has 0 aliphatic carbocycles. The van der Waals surface area contributed by atoms with Crippen LogP contribution in [0.25, 0.3) is 0 Å². The molecule has 0 spiro atoms. The van der Waals surface area contributed by atoms with Crippen molar-refractivity contribution in [3.05, 3.63) is 23.8 Å². The molecule has 0 aromatic heterocycles. The summed E-state index contributed by atoms with van der Waals surface area (Å²) in [4.78, 5) is 4.82. The minimum Gasteiger partial charge on any atom is -0.508 e. The molecule has 1 atom stereocenters. The smallest absolute Gasteiger partial charge is 0.122 e. The number of hydrogen-bond acceptors (Lipinski definition) is 4. The Kier molecular flexibility index (Phi) is 5.88. The number of benzene rings is 1. The molecule has 2 rings (SSSR count). The third-order valence-corrected chi connectivity index (χ3v) is 4.37. The van der Waals surface area contributed by atoms with E-state index in [1.807, 2.05) is 6.07 Å². The van der Waals surface area contributed by atoms with Crippen molar-refractivity contribution in [1.82, 2.24) is 10.2 Å². The van der Waals surface area contributed by atoms with E-state index in [-0.39, 0.29) is 6.04 Å². The van der Waals surface area contributed by atoms with Gasteiger partial charge < -0.3 is 20.2 Å². The monoisotopic (exact) mass is 291 g/mol. The summed E-state index contributed by atoms with van der Waals surface area (Å²) >= 11 is 0. The number of hydrogen-bond donors (Lipinski definition) is 2. The lowest BCUT2D eigenvalue weighted by atomic mass is 10.1. The molecule has 1 aliphatic heterocycles. The number of phenols is 1. The molecular formula is C17H29N3O. The van der Waals surface area contributed by atoms with Crippen LogP contribution in [0.1, 0.15) is 38.8 Å². The maximum Gasteiger partial charge on any atom is 0.122 e. The maximum absolute atomic E-state index is 10.3.